The Kier molecular flexibility index (Phi) is 5.74. The Balaban J connectivity index is 1.69. The van der Waals surface area contributed by atoms with E-state index >= 15 is 0 Å². The van der Waals surface area contributed by atoms with E-state index in [9.17, 15) is 9.59 Å². The number of rotatable bonds is 3. The summed E-state index contributed by atoms with van der Waals surface area (Å²) < 4.78 is 9.67. The molecule has 8 heteroatoms. The van der Waals surface area contributed by atoms with Crippen molar-refractivity contribution in [1.29, 1.82) is 0 Å². The third-order valence-electron chi connectivity index (χ3n) is 4.12. The molecular formula is C19H24N4O3S. The Morgan fingerprint density at radius 1 is 1.22 bits per heavy atom. The topological polar surface area (TPSA) is 84.4 Å². The number of aromatic nitrogens is 2. The van der Waals surface area contributed by atoms with Crippen LogP contribution in [0.4, 0.5) is 10.7 Å². The van der Waals surface area contributed by atoms with Crippen molar-refractivity contribution in [3.05, 3.63) is 30.3 Å². The number of hydrogen-bond donors (Lipinski definition) is 1. The van der Waals surface area contributed by atoms with Gasteiger partial charge < -0.3 is 4.74 Å². The van der Waals surface area contributed by atoms with E-state index in [1.807, 2.05) is 51.1 Å². The average Bonchev–Trinajstić information content (AvgIpc) is 3.09. The first-order valence-corrected chi connectivity index (χ1v) is 9.80. The average molecular weight is 388 g/mol. The van der Waals surface area contributed by atoms with Crippen LogP contribution in [0.25, 0.3) is 10.6 Å². The number of hydrogen-bond acceptors (Lipinski definition) is 6. The lowest BCUT2D eigenvalue weighted by molar-refractivity contribution is -0.122. The van der Waals surface area contributed by atoms with Gasteiger partial charge >= 0.3 is 6.09 Å². The van der Waals surface area contributed by atoms with E-state index in [2.05, 4.69) is 14.7 Å². The van der Waals surface area contributed by atoms with Crippen molar-refractivity contribution in [2.75, 3.05) is 11.9 Å². The van der Waals surface area contributed by atoms with E-state index in [4.69, 9.17) is 4.74 Å². The molecule has 1 atom stereocenters. The Hall–Kier alpha value is -2.48. The standard InChI is InChI=1S/C19H24N4O3S/c1-19(2,3)26-18(25)23-12-8-7-11-14(23)15(24)20-17-21-16(27-22-17)13-9-5-4-6-10-13/h4-6,9-10,14H,7-8,11-12H2,1-3H3,(H,20,22,24)/t14-/m0/s1. The molecule has 0 unspecified atom stereocenters. The third kappa shape index (κ3) is 5.03. The summed E-state index contributed by atoms with van der Waals surface area (Å²) in [5.41, 5.74) is 0.347. The van der Waals surface area contributed by atoms with Crippen LogP contribution in [0.1, 0.15) is 40.0 Å². The van der Waals surface area contributed by atoms with Crippen molar-refractivity contribution in [2.45, 2.75) is 51.7 Å². The second kappa shape index (κ2) is 8.04. The molecule has 0 radical (unpaired) electrons. The first-order valence-electron chi connectivity index (χ1n) is 9.03. The first-order chi connectivity index (χ1) is 12.8. The van der Waals surface area contributed by atoms with Gasteiger partial charge in [-0.2, -0.15) is 9.36 Å². The maximum absolute atomic E-state index is 12.8. The highest BCUT2D eigenvalue weighted by atomic mass is 32.1. The Bertz CT molecular complexity index is 801. The van der Waals surface area contributed by atoms with Crippen LogP contribution in [0.2, 0.25) is 0 Å². The minimum Gasteiger partial charge on any atom is -0.444 e. The smallest absolute Gasteiger partial charge is 0.410 e. The highest BCUT2D eigenvalue weighted by molar-refractivity contribution is 7.09. The second-order valence-electron chi connectivity index (χ2n) is 7.46. The van der Waals surface area contributed by atoms with Gasteiger partial charge in [-0.05, 0) is 51.6 Å². The van der Waals surface area contributed by atoms with Gasteiger partial charge in [0.05, 0.1) is 0 Å². The van der Waals surface area contributed by atoms with Crippen LogP contribution < -0.4 is 5.32 Å². The summed E-state index contributed by atoms with van der Waals surface area (Å²) in [6.07, 6.45) is 1.88. The van der Waals surface area contributed by atoms with Crippen LogP contribution in [-0.2, 0) is 9.53 Å². The molecule has 2 aromatic rings. The molecule has 2 amide bonds. The predicted molar refractivity (Wildman–Crippen MR) is 105 cm³/mol. The van der Waals surface area contributed by atoms with Gasteiger partial charge in [-0.25, -0.2) is 4.79 Å². The zero-order valence-electron chi connectivity index (χ0n) is 15.8. The fourth-order valence-electron chi connectivity index (χ4n) is 2.91. The normalized spacial score (nSPS) is 17.4. The maximum atomic E-state index is 12.8. The molecule has 1 aliphatic rings. The SMILES string of the molecule is CC(C)(C)OC(=O)N1CCCC[C@H]1C(=O)Nc1nsc(-c2ccccc2)n1. The zero-order valence-corrected chi connectivity index (χ0v) is 16.6. The molecule has 1 aliphatic heterocycles. The zero-order chi connectivity index (χ0) is 19.4. The fourth-order valence-corrected chi connectivity index (χ4v) is 3.54. The van der Waals surface area contributed by atoms with E-state index in [0.29, 0.717) is 13.0 Å². The second-order valence-corrected chi connectivity index (χ2v) is 8.22. The Morgan fingerprint density at radius 3 is 2.67 bits per heavy atom. The van der Waals surface area contributed by atoms with Crippen LogP contribution in [0.15, 0.2) is 30.3 Å². The number of amides is 2. The molecular weight excluding hydrogens is 364 g/mol. The first kappa shape index (κ1) is 19.3. The van der Waals surface area contributed by atoms with Crippen LogP contribution in [0.3, 0.4) is 0 Å². The van der Waals surface area contributed by atoms with Gasteiger partial charge in [0.25, 0.3) is 0 Å². The minimum atomic E-state index is -0.601. The molecule has 2 heterocycles. The van der Waals surface area contributed by atoms with Gasteiger partial charge in [0, 0.05) is 12.1 Å². The summed E-state index contributed by atoms with van der Waals surface area (Å²) in [4.78, 5) is 31.1. The van der Waals surface area contributed by atoms with Crippen molar-refractivity contribution < 1.29 is 14.3 Å². The van der Waals surface area contributed by atoms with Crippen LogP contribution >= 0.6 is 11.5 Å². The largest absolute Gasteiger partial charge is 0.444 e. The van der Waals surface area contributed by atoms with Gasteiger partial charge in [0.2, 0.25) is 11.9 Å². The van der Waals surface area contributed by atoms with Gasteiger partial charge in [0.15, 0.2) is 0 Å². The number of carbonyl (C=O) groups is 2. The number of piperidine rings is 1. The monoisotopic (exact) mass is 388 g/mol. The molecule has 1 saturated heterocycles. The summed E-state index contributed by atoms with van der Waals surface area (Å²) in [7, 11) is 0. The highest BCUT2D eigenvalue weighted by Gasteiger charge is 2.35. The molecule has 0 aliphatic carbocycles. The number of likely N-dealkylation sites (tertiary alicyclic amines) is 1. The van der Waals surface area contributed by atoms with Gasteiger partial charge in [-0.1, -0.05) is 30.3 Å². The fraction of sp³-hybridized carbons (Fsp3) is 0.474. The van der Waals surface area contributed by atoms with Crippen LogP contribution in [0, 0.1) is 0 Å². The van der Waals surface area contributed by atoms with E-state index in [1.54, 1.807) is 0 Å². The van der Waals surface area contributed by atoms with Crippen LogP contribution in [0.5, 0.6) is 0 Å². The van der Waals surface area contributed by atoms with Crippen molar-refractivity contribution in [3.8, 4) is 10.6 Å². The molecule has 1 N–H and O–H groups in total. The summed E-state index contributed by atoms with van der Waals surface area (Å²) in [6, 6.07) is 9.10. The van der Waals surface area contributed by atoms with Gasteiger partial charge in [-0.3, -0.25) is 15.0 Å². The number of anilines is 1. The van der Waals surface area contributed by atoms with E-state index in [-0.39, 0.29) is 11.9 Å². The molecule has 0 spiro atoms. The molecule has 3 rings (SSSR count). The molecule has 0 saturated carbocycles. The summed E-state index contributed by atoms with van der Waals surface area (Å²) >= 11 is 1.23. The lowest BCUT2D eigenvalue weighted by Gasteiger charge is -2.35. The Labute approximate surface area is 162 Å². The molecule has 144 valence electrons. The molecule has 7 nitrogen and oxygen atoms in total. The molecule has 0 bridgehead atoms. The van der Waals surface area contributed by atoms with E-state index in [0.717, 1.165) is 23.4 Å². The summed E-state index contributed by atoms with van der Waals surface area (Å²) in [6.45, 7) is 5.95. The summed E-state index contributed by atoms with van der Waals surface area (Å²) in [5, 5.41) is 3.48. The number of nitrogens with zero attached hydrogens (tertiary/aromatic N) is 3. The van der Waals surface area contributed by atoms with Crippen LogP contribution in [-0.4, -0.2) is 44.4 Å². The third-order valence-corrected chi connectivity index (χ3v) is 4.88. The quantitative estimate of drug-likeness (QED) is 0.861. The van der Waals surface area contributed by atoms with Crippen molar-refractivity contribution in [2.24, 2.45) is 0 Å². The van der Waals surface area contributed by atoms with E-state index in [1.165, 1.54) is 16.4 Å². The predicted octanol–water partition coefficient (Wildman–Crippen LogP) is 3.93. The maximum Gasteiger partial charge on any atom is 0.410 e. The van der Waals surface area contributed by atoms with Crippen molar-refractivity contribution in [3.63, 3.8) is 0 Å². The minimum absolute atomic E-state index is 0.263. The van der Waals surface area contributed by atoms with Crippen molar-refractivity contribution >= 4 is 29.5 Å². The molecule has 27 heavy (non-hydrogen) atoms. The lowest BCUT2D eigenvalue weighted by atomic mass is 10.0. The number of benzene rings is 1. The Morgan fingerprint density at radius 2 is 1.96 bits per heavy atom. The van der Waals surface area contributed by atoms with Gasteiger partial charge in [0.1, 0.15) is 16.7 Å². The highest BCUT2D eigenvalue weighted by Crippen LogP contribution is 2.24. The van der Waals surface area contributed by atoms with Gasteiger partial charge in [-0.15, -0.1) is 0 Å². The lowest BCUT2D eigenvalue weighted by Crippen LogP contribution is -2.51. The number of nitrogens with one attached hydrogen (secondary N) is 1. The van der Waals surface area contributed by atoms with Crippen molar-refractivity contribution in [1.82, 2.24) is 14.3 Å². The summed E-state index contributed by atoms with van der Waals surface area (Å²) in [5.74, 6) is -0.0171. The number of ether oxygens (including phenoxy) is 1. The molecule has 1 aromatic heterocycles. The molecule has 1 aromatic carbocycles. The molecule has 1 fully saturated rings. The van der Waals surface area contributed by atoms with E-state index < -0.39 is 17.7 Å². The number of carbonyl (C=O) groups excluding carboxylic acids is 2.